The van der Waals surface area contributed by atoms with Crippen molar-refractivity contribution in [2.24, 2.45) is 0 Å². The van der Waals surface area contributed by atoms with E-state index in [0.717, 1.165) is 16.7 Å². The molecule has 3 aromatic rings. The predicted octanol–water partition coefficient (Wildman–Crippen LogP) is 5.25. The van der Waals surface area contributed by atoms with Crippen molar-refractivity contribution in [2.45, 2.75) is 31.7 Å². The van der Waals surface area contributed by atoms with Gasteiger partial charge in [-0.1, -0.05) is 59.1 Å². The Morgan fingerprint density at radius 3 is 2.03 bits per heavy atom. The Morgan fingerprint density at radius 1 is 0.900 bits per heavy atom. The number of amides is 1. The molecule has 156 valence electrons. The van der Waals surface area contributed by atoms with Gasteiger partial charge in [-0.2, -0.15) is 0 Å². The van der Waals surface area contributed by atoms with Crippen LogP contribution in [0, 0.1) is 13.8 Å². The molecule has 0 unspecified atom stereocenters. The summed E-state index contributed by atoms with van der Waals surface area (Å²) < 4.78 is 27.6. The lowest BCUT2D eigenvalue weighted by Crippen LogP contribution is -2.27. The van der Waals surface area contributed by atoms with Crippen molar-refractivity contribution < 1.29 is 13.2 Å². The van der Waals surface area contributed by atoms with Crippen LogP contribution in [0.4, 0.5) is 5.69 Å². The highest BCUT2D eigenvalue weighted by Crippen LogP contribution is 2.24. The van der Waals surface area contributed by atoms with Gasteiger partial charge in [-0.15, -0.1) is 0 Å². The minimum Gasteiger partial charge on any atom is -0.345 e. The Balaban J connectivity index is 1.73. The number of rotatable bonds is 6. The van der Waals surface area contributed by atoms with Crippen LogP contribution in [-0.2, 0) is 10.0 Å². The third kappa shape index (κ3) is 5.20. The van der Waals surface area contributed by atoms with Crippen LogP contribution >= 0.6 is 11.6 Å². The van der Waals surface area contributed by atoms with Crippen LogP contribution in [0.2, 0.25) is 5.02 Å². The molecule has 1 amide bonds. The predicted molar refractivity (Wildman–Crippen MR) is 120 cm³/mol. The molecule has 0 saturated heterocycles. The number of halogens is 1. The van der Waals surface area contributed by atoms with Crippen molar-refractivity contribution in [1.82, 2.24) is 5.32 Å². The molecule has 1 atom stereocenters. The zero-order chi connectivity index (χ0) is 21.9. The van der Waals surface area contributed by atoms with Crippen LogP contribution in [0.15, 0.2) is 71.6 Å². The summed E-state index contributed by atoms with van der Waals surface area (Å²) in [6, 6.07) is 18.7. The lowest BCUT2D eigenvalue weighted by atomic mass is 10.1. The molecule has 0 aliphatic rings. The topological polar surface area (TPSA) is 75.3 Å². The monoisotopic (exact) mass is 442 g/mol. The average Bonchev–Trinajstić information content (AvgIpc) is 2.68. The maximum absolute atomic E-state index is 12.6. The summed E-state index contributed by atoms with van der Waals surface area (Å²) in [5.74, 6) is -0.332. The minimum absolute atomic E-state index is 0.151. The molecule has 0 heterocycles. The van der Waals surface area contributed by atoms with Gasteiger partial charge in [0.2, 0.25) is 0 Å². The van der Waals surface area contributed by atoms with Gasteiger partial charge >= 0.3 is 0 Å². The number of nitrogens with one attached hydrogen (secondary N) is 2. The van der Waals surface area contributed by atoms with Gasteiger partial charge in [-0.25, -0.2) is 8.42 Å². The molecule has 0 radical (unpaired) electrons. The zero-order valence-corrected chi connectivity index (χ0v) is 18.5. The molecular weight excluding hydrogens is 420 g/mol. The second-order valence-electron chi connectivity index (χ2n) is 7.22. The van der Waals surface area contributed by atoms with E-state index in [4.69, 9.17) is 11.6 Å². The van der Waals surface area contributed by atoms with Crippen LogP contribution in [0.1, 0.15) is 40.0 Å². The van der Waals surface area contributed by atoms with Gasteiger partial charge in [0.05, 0.1) is 27.2 Å². The van der Waals surface area contributed by atoms with Crippen LogP contribution in [-0.4, -0.2) is 14.3 Å². The molecule has 3 aromatic carbocycles. The van der Waals surface area contributed by atoms with Crippen LogP contribution < -0.4 is 10.0 Å². The molecule has 3 rings (SSSR count). The fraction of sp³-hybridized carbons (Fsp3) is 0.174. The highest BCUT2D eigenvalue weighted by Gasteiger charge is 2.17. The van der Waals surface area contributed by atoms with Crippen LogP contribution in [0.3, 0.4) is 0 Å². The molecular formula is C23H23ClN2O3S. The number of sulfonamides is 1. The molecule has 0 aromatic heterocycles. The number of carbonyl (C=O) groups excluding carboxylic acids is 1. The number of carbonyl (C=O) groups is 1. The zero-order valence-electron chi connectivity index (χ0n) is 16.9. The van der Waals surface area contributed by atoms with E-state index in [1.165, 1.54) is 30.3 Å². The summed E-state index contributed by atoms with van der Waals surface area (Å²) in [6.45, 7) is 5.77. The SMILES string of the molecule is Cc1ccc([C@@H](C)NC(=O)c2ccc(NS(=O)(=O)c3ccc(C)cc3)cc2Cl)cc1. The van der Waals surface area contributed by atoms with Crippen LogP contribution in [0.25, 0.3) is 0 Å². The second kappa shape index (κ2) is 8.90. The average molecular weight is 443 g/mol. The number of aryl methyl sites for hydroxylation is 2. The lowest BCUT2D eigenvalue weighted by molar-refractivity contribution is 0.0940. The summed E-state index contributed by atoms with van der Waals surface area (Å²) >= 11 is 6.27. The van der Waals surface area contributed by atoms with Crippen molar-refractivity contribution in [2.75, 3.05) is 4.72 Å². The van der Waals surface area contributed by atoms with E-state index in [9.17, 15) is 13.2 Å². The molecule has 30 heavy (non-hydrogen) atoms. The molecule has 0 aliphatic carbocycles. The lowest BCUT2D eigenvalue weighted by Gasteiger charge is -2.16. The Labute approximate surface area is 182 Å². The van der Waals surface area contributed by atoms with Crippen molar-refractivity contribution >= 4 is 33.2 Å². The summed E-state index contributed by atoms with van der Waals surface area (Å²) in [4.78, 5) is 12.8. The van der Waals surface area contributed by atoms with E-state index in [-0.39, 0.29) is 33.1 Å². The van der Waals surface area contributed by atoms with E-state index < -0.39 is 10.0 Å². The first-order valence-electron chi connectivity index (χ1n) is 9.42. The Morgan fingerprint density at radius 2 is 1.47 bits per heavy atom. The van der Waals surface area contributed by atoms with Crippen molar-refractivity contribution in [3.05, 3.63) is 94.0 Å². The first kappa shape index (κ1) is 21.9. The fourth-order valence-electron chi connectivity index (χ4n) is 2.91. The summed E-state index contributed by atoms with van der Waals surface area (Å²) in [7, 11) is -3.75. The Kier molecular flexibility index (Phi) is 6.48. The van der Waals surface area contributed by atoms with Crippen LogP contribution in [0.5, 0.6) is 0 Å². The van der Waals surface area contributed by atoms with Gasteiger partial charge in [0.15, 0.2) is 0 Å². The van der Waals surface area contributed by atoms with Crippen molar-refractivity contribution in [3.63, 3.8) is 0 Å². The maximum Gasteiger partial charge on any atom is 0.261 e. The first-order valence-corrected chi connectivity index (χ1v) is 11.3. The van der Waals surface area contributed by atoms with E-state index in [1.54, 1.807) is 12.1 Å². The summed E-state index contributed by atoms with van der Waals surface area (Å²) in [6.07, 6.45) is 0. The van der Waals surface area contributed by atoms with Crippen molar-refractivity contribution in [3.8, 4) is 0 Å². The van der Waals surface area contributed by atoms with Gasteiger partial charge in [-0.05, 0) is 56.7 Å². The van der Waals surface area contributed by atoms with Crippen molar-refractivity contribution in [1.29, 1.82) is 0 Å². The molecule has 0 saturated carbocycles. The van der Waals surface area contributed by atoms with E-state index in [2.05, 4.69) is 10.0 Å². The first-order chi connectivity index (χ1) is 14.2. The number of hydrogen-bond donors (Lipinski definition) is 2. The third-order valence-corrected chi connectivity index (χ3v) is 6.43. The van der Waals surface area contributed by atoms with E-state index >= 15 is 0 Å². The molecule has 7 heteroatoms. The maximum atomic E-state index is 12.6. The fourth-order valence-corrected chi connectivity index (χ4v) is 4.22. The Hall–Kier alpha value is -2.83. The molecule has 0 spiro atoms. The van der Waals surface area contributed by atoms with E-state index in [0.29, 0.717) is 0 Å². The van der Waals surface area contributed by atoms with Gasteiger partial charge in [0.25, 0.3) is 15.9 Å². The van der Waals surface area contributed by atoms with Gasteiger partial charge in [-0.3, -0.25) is 9.52 Å². The van der Waals surface area contributed by atoms with E-state index in [1.807, 2.05) is 45.0 Å². The molecule has 2 N–H and O–H groups in total. The highest BCUT2D eigenvalue weighted by atomic mass is 35.5. The highest BCUT2D eigenvalue weighted by molar-refractivity contribution is 7.92. The second-order valence-corrected chi connectivity index (χ2v) is 9.31. The van der Waals surface area contributed by atoms with Gasteiger partial charge < -0.3 is 5.32 Å². The molecule has 0 aliphatic heterocycles. The Bertz CT molecular complexity index is 1160. The quantitative estimate of drug-likeness (QED) is 0.547. The molecule has 0 fully saturated rings. The number of hydrogen-bond acceptors (Lipinski definition) is 3. The normalized spacial score (nSPS) is 12.3. The standard InChI is InChI=1S/C23H23ClN2O3S/c1-15-4-8-18(9-5-15)17(3)25-23(27)21-13-10-19(14-22(21)24)26-30(28,29)20-11-6-16(2)7-12-20/h4-14,17,26H,1-3H3,(H,25,27)/t17-/m1/s1. The number of benzene rings is 3. The third-order valence-electron chi connectivity index (χ3n) is 4.72. The van der Waals surface area contributed by atoms with Gasteiger partial charge in [0.1, 0.15) is 0 Å². The summed E-state index contributed by atoms with van der Waals surface area (Å²) in [5, 5.41) is 3.07. The molecule has 5 nitrogen and oxygen atoms in total. The largest absolute Gasteiger partial charge is 0.345 e. The minimum atomic E-state index is -3.75. The smallest absolute Gasteiger partial charge is 0.261 e. The van der Waals surface area contributed by atoms with Gasteiger partial charge in [0, 0.05) is 0 Å². The number of anilines is 1. The summed E-state index contributed by atoms with van der Waals surface area (Å²) in [5.41, 5.74) is 3.64. The molecule has 0 bridgehead atoms.